The highest BCUT2D eigenvalue weighted by molar-refractivity contribution is 7.37. The van der Waals surface area contributed by atoms with Gasteiger partial charge in [-0.25, -0.2) is 4.39 Å². The lowest BCUT2D eigenvalue weighted by molar-refractivity contribution is 0.473. The summed E-state index contributed by atoms with van der Waals surface area (Å²) in [6, 6.07) is 5.01. The van der Waals surface area contributed by atoms with E-state index in [0.717, 1.165) is 0 Å². The summed E-state index contributed by atoms with van der Waals surface area (Å²) in [7, 11) is 0. The highest BCUT2D eigenvalue weighted by Crippen LogP contribution is 2.06. The molecule has 0 aliphatic heterocycles. The Morgan fingerprint density at radius 2 is 1.56 bits per heavy atom. The lowest BCUT2D eigenvalue weighted by atomic mass is 10.3. The molecule has 1 aromatic rings. The molecule has 0 heterocycles. The quantitative estimate of drug-likeness (QED) is 0.438. The van der Waals surface area contributed by atoms with Crippen molar-refractivity contribution in [2.45, 2.75) is 0 Å². The molecule has 1 N–H and O–H groups in total. The zero-order valence-corrected chi connectivity index (χ0v) is 5.48. The Labute approximate surface area is 59.6 Å². The average molecular weight is 145 g/mol. The number of halogens is 1. The van der Waals surface area contributed by atoms with Crippen molar-refractivity contribution in [3.05, 3.63) is 30.1 Å². The molecule has 50 valence electrons. The first-order valence-electron chi connectivity index (χ1n) is 2.23. The molecule has 0 unspecified atom stereocenters. The topological polar surface area (TPSA) is 20.2 Å². The first kappa shape index (κ1) is 8.30. The van der Waals surface area contributed by atoms with Gasteiger partial charge < -0.3 is 18.6 Å². The number of rotatable bonds is 0. The number of hydrogen-bond donors (Lipinski definition) is 1. The van der Waals surface area contributed by atoms with Crippen molar-refractivity contribution in [3.63, 3.8) is 0 Å². The summed E-state index contributed by atoms with van der Waals surface area (Å²) in [5.74, 6) is -0.241. The van der Waals surface area contributed by atoms with Crippen molar-refractivity contribution in [3.8, 4) is 5.75 Å². The van der Waals surface area contributed by atoms with Gasteiger partial charge in [0.15, 0.2) is 0 Å². The maximum absolute atomic E-state index is 12.0. The fraction of sp³-hybridized carbons (Fsp3) is 0. The Bertz CT molecular complexity index is 152. The van der Waals surface area contributed by atoms with Crippen molar-refractivity contribution in [1.82, 2.24) is 0 Å². The van der Waals surface area contributed by atoms with E-state index in [1.54, 1.807) is 0 Å². The lowest BCUT2D eigenvalue weighted by Gasteiger charge is -1.86. The van der Waals surface area contributed by atoms with Crippen LogP contribution in [0.5, 0.6) is 5.75 Å². The molecule has 0 amide bonds. The first-order valence-corrected chi connectivity index (χ1v) is 2.23. The van der Waals surface area contributed by atoms with Crippen LogP contribution in [0.25, 0.3) is 0 Å². The number of hydrogen-bond acceptors (Lipinski definition) is 2. The van der Waals surface area contributed by atoms with Crippen LogP contribution in [0.4, 0.5) is 4.39 Å². The summed E-state index contributed by atoms with van der Waals surface area (Å²) in [5, 5.41) is 8.59. The van der Waals surface area contributed by atoms with Gasteiger partial charge in [0.05, 0.1) is 0 Å². The maximum Gasteiger partial charge on any atom is 0.123 e. The van der Waals surface area contributed by atoms with E-state index in [9.17, 15) is 4.39 Å². The molecule has 0 aliphatic carbocycles. The molecule has 0 aromatic heterocycles. The van der Waals surface area contributed by atoms with E-state index in [1.807, 2.05) is 0 Å². The van der Waals surface area contributed by atoms with Crippen LogP contribution in [0, 0.1) is 5.82 Å². The number of benzene rings is 1. The Kier molecular flexibility index (Phi) is 3.09. The van der Waals surface area contributed by atoms with Crippen LogP contribution in [0.3, 0.4) is 0 Å². The summed E-state index contributed by atoms with van der Waals surface area (Å²) in [6.45, 7) is 0. The standard InChI is InChI=1S/C6H5FO.H2S/c7-5-1-3-6(8)4-2-5;/h1-4,8H;1H2/p-1. The van der Waals surface area contributed by atoms with Gasteiger partial charge in [0.25, 0.3) is 0 Å². The smallest absolute Gasteiger partial charge is 0.123 e. The van der Waals surface area contributed by atoms with Crippen molar-refractivity contribution in [1.29, 1.82) is 0 Å². The Hall–Kier alpha value is -0.700. The van der Waals surface area contributed by atoms with Gasteiger partial charge in [-0.15, -0.1) is 0 Å². The fourth-order valence-electron chi connectivity index (χ4n) is 0.441. The normalized spacial score (nSPS) is 8.11. The average Bonchev–Trinajstić information content (AvgIpc) is 1.77. The largest absolute Gasteiger partial charge is 0.813 e. The molecular weight excluding hydrogens is 139 g/mol. The van der Waals surface area contributed by atoms with Crippen LogP contribution in [-0.2, 0) is 13.5 Å². The summed E-state index contributed by atoms with van der Waals surface area (Å²) in [4.78, 5) is 0. The van der Waals surface area contributed by atoms with Gasteiger partial charge in [0.2, 0.25) is 0 Å². The minimum absolute atomic E-state index is 0. The predicted octanol–water partition coefficient (Wildman–Crippen LogP) is 1.26. The molecule has 1 rings (SSSR count). The van der Waals surface area contributed by atoms with Crippen LogP contribution in [0.1, 0.15) is 0 Å². The van der Waals surface area contributed by atoms with E-state index in [-0.39, 0.29) is 25.1 Å². The second kappa shape index (κ2) is 3.35. The maximum atomic E-state index is 12.0. The van der Waals surface area contributed by atoms with Crippen molar-refractivity contribution in [2.75, 3.05) is 0 Å². The van der Waals surface area contributed by atoms with E-state index in [2.05, 4.69) is 0 Å². The van der Waals surface area contributed by atoms with Gasteiger partial charge in [0, 0.05) is 0 Å². The third-order valence-electron chi connectivity index (χ3n) is 0.827. The molecule has 9 heavy (non-hydrogen) atoms. The van der Waals surface area contributed by atoms with E-state index >= 15 is 0 Å². The van der Waals surface area contributed by atoms with Crippen LogP contribution < -0.4 is 0 Å². The zero-order valence-electron chi connectivity index (χ0n) is 4.58. The zero-order chi connectivity index (χ0) is 5.98. The summed E-state index contributed by atoms with van der Waals surface area (Å²) >= 11 is 0. The lowest BCUT2D eigenvalue weighted by Crippen LogP contribution is -1.67. The first-order chi connectivity index (χ1) is 3.79. The number of phenolic OH excluding ortho intramolecular Hbond substituents is 1. The van der Waals surface area contributed by atoms with Gasteiger partial charge in [-0.2, -0.15) is 0 Å². The minimum Gasteiger partial charge on any atom is -0.813 e. The Balaban J connectivity index is 0.000000640. The summed E-state index contributed by atoms with van der Waals surface area (Å²) in [5.41, 5.74) is 0. The van der Waals surface area contributed by atoms with Gasteiger partial charge in [-0.1, -0.05) is 0 Å². The Morgan fingerprint density at radius 3 is 1.89 bits per heavy atom. The molecule has 0 radical (unpaired) electrons. The highest BCUT2D eigenvalue weighted by Gasteiger charge is 1.85. The van der Waals surface area contributed by atoms with E-state index in [4.69, 9.17) is 5.11 Å². The second-order valence-electron chi connectivity index (χ2n) is 1.48. The molecule has 0 saturated carbocycles. The van der Waals surface area contributed by atoms with Crippen LogP contribution in [0.2, 0.25) is 0 Å². The summed E-state index contributed by atoms with van der Waals surface area (Å²) < 4.78 is 12.0. The molecule has 0 bridgehead atoms. The third kappa shape index (κ3) is 2.37. The monoisotopic (exact) mass is 145 g/mol. The van der Waals surface area contributed by atoms with Crippen molar-refractivity contribution in [2.24, 2.45) is 0 Å². The van der Waals surface area contributed by atoms with Gasteiger partial charge in [-0.3, -0.25) is 0 Å². The predicted molar refractivity (Wildman–Crippen MR) is 36.8 cm³/mol. The third-order valence-corrected chi connectivity index (χ3v) is 0.827. The molecule has 0 spiro atoms. The minimum atomic E-state index is -0.331. The van der Waals surface area contributed by atoms with Crippen molar-refractivity contribution < 1.29 is 9.50 Å². The SMILES string of the molecule is Oc1ccc(F)cc1.[SH-]. The van der Waals surface area contributed by atoms with Gasteiger partial charge >= 0.3 is 0 Å². The van der Waals surface area contributed by atoms with E-state index in [0.29, 0.717) is 0 Å². The highest BCUT2D eigenvalue weighted by atomic mass is 32.1. The molecule has 0 atom stereocenters. The van der Waals surface area contributed by atoms with E-state index < -0.39 is 0 Å². The molecule has 0 saturated heterocycles. The van der Waals surface area contributed by atoms with Gasteiger partial charge in [-0.05, 0) is 24.3 Å². The van der Waals surface area contributed by atoms with Crippen LogP contribution >= 0.6 is 0 Å². The van der Waals surface area contributed by atoms with Crippen molar-refractivity contribution >= 4 is 13.5 Å². The van der Waals surface area contributed by atoms with Gasteiger partial charge in [0.1, 0.15) is 11.6 Å². The number of phenols is 1. The molecule has 1 nitrogen and oxygen atoms in total. The van der Waals surface area contributed by atoms with E-state index in [1.165, 1.54) is 24.3 Å². The molecule has 0 fully saturated rings. The Morgan fingerprint density at radius 1 is 1.11 bits per heavy atom. The van der Waals surface area contributed by atoms with Crippen LogP contribution in [-0.4, -0.2) is 5.11 Å². The number of aromatic hydroxyl groups is 1. The number of thiol groups is 1. The summed E-state index contributed by atoms with van der Waals surface area (Å²) in [6.07, 6.45) is 0. The molecule has 0 aliphatic rings. The molecule has 1 aromatic carbocycles. The molecular formula is C6H6FOS-. The fourth-order valence-corrected chi connectivity index (χ4v) is 0.441. The van der Waals surface area contributed by atoms with Crippen LogP contribution in [0.15, 0.2) is 24.3 Å². The molecule has 3 heteroatoms. The second-order valence-corrected chi connectivity index (χ2v) is 1.48.